The number of amides is 1. The second-order valence-corrected chi connectivity index (χ2v) is 5.43. The first kappa shape index (κ1) is 12.6. The van der Waals surface area contributed by atoms with E-state index in [1.807, 2.05) is 23.1 Å². The number of hydrogen-bond donors (Lipinski definition) is 0. The first-order valence-electron chi connectivity index (χ1n) is 6.17. The van der Waals surface area contributed by atoms with Crippen molar-refractivity contribution in [2.45, 2.75) is 25.8 Å². The third-order valence-corrected chi connectivity index (χ3v) is 3.44. The van der Waals surface area contributed by atoms with Crippen molar-refractivity contribution in [1.29, 1.82) is 0 Å². The van der Waals surface area contributed by atoms with Crippen LogP contribution < -0.4 is 0 Å². The molecular weight excluding hydrogens is 278 g/mol. The Morgan fingerprint density at radius 3 is 2.59 bits per heavy atom. The van der Waals surface area contributed by atoms with Gasteiger partial charge < -0.3 is 4.90 Å². The third kappa shape index (κ3) is 4.15. The predicted octanol–water partition coefficient (Wildman–Crippen LogP) is 3.21. The average molecular weight is 296 g/mol. The molecule has 0 spiro atoms. The molecule has 1 saturated carbocycles. The van der Waals surface area contributed by atoms with Gasteiger partial charge in [-0.2, -0.15) is 0 Å². The Labute approximate surface area is 111 Å². The smallest absolute Gasteiger partial charge is 0.223 e. The van der Waals surface area contributed by atoms with Gasteiger partial charge in [0.2, 0.25) is 5.91 Å². The van der Waals surface area contributed by atoms with Crippen LogP contribution in [-0.4, -0.2) is 22.7 Å². The van der Waals surface area contributed by atoms with Gasteiger partial charge in [-0.1, -0.05) is 46.3 Å². The molecular formula is C14H18BrNO. The lowest BCUT2D eigenvalue weighted by molar-refractivity contribution is -0.131. The lowest BCUT2D eigenvalue weighted by Gasteiger charge is -2.22. The van der Waals surface area contributed by atoms with Crippen LogP contribution in [0.5, 0.6) is 0 Å². The highest BCUT2D eigenvalue weighted by Gasteiger charge is 2.26. The molecule has 0 heterocycles. The van der Waals surface area contributed by atoms with E-state index >= 15 is 0 Å². The SMILES string of the molecule is O=C(CC1CC1)N(CCBr)Cc1ccccc1. The molecule has 1 fully saturated rings. The fourth-order valence-electron chi connectivity index (χ4n) is 1.90. The van der Waals surface area contributed by atoms with Crippen LogP contribution in [0.25, 0.3) is 0 Å². The molecule has 1 amide bonds. The monoisotopic (exact) mass is 295 g/mol. The summed E-state index contributed by atoms with van der Waals surface area (Å²) in [5, 5.41) is 0.843. The summed E-state index contributed by atoms with van der Waals surface area (Å²) >= 11 is 3.42. The van der Waals surface area contributed by atoms with Crippen LogP contribution in [0.1, 0.15) is 24.8 Å². The van der Waals surface area contributed by atoms with E-state index in [-0.39, 0.29) is 0 Å². The van der Waals surface area contributed by atoms with Crippen LogP contribution >= 0.6 is 15.9 Å². The quantitative estimate of drug-likeness (QED) is 0.738. The van der Waals surface area contributed by atoms with Crippen molar-refractivity contribution in [2.24, 2.45) is 5.92 Å². The molecule has 1 aromatic rings. The minimum Gasteiger partial charge on any atom is -0.338 e. The molecule has 0 saturated heterocycles. The minimum atomic E-state index is 0.302. The van der Waals surface area contributed by atoms with Crippen molar-refractivity contribution < 1.29 is 4.79 Å². The Balaban J connectivity index is 1.93. The minimum absolute atomic E-state index is 0.302. The van der Waals surface area contributed by atoms with Crippen molar-refractivity contribution in [2.75, 3.05) is 11.9 Å². The highest BCUT2D eigenvalue weighted by Crippen LogP contribution is 2.33. The summed E-state index contributed by atoms with van der Waals surface area (Å²) in [5.74, 6) is 0.965. The Bertz CT molecular complexity index is 362. The summed E-state index contributed by atoms with van der Waals surface area (Å²) in [6, 6.07) is 10.2. The molecule has 0 aromatic heterocycles. The standard InChI is InChI=1S/C14H18BrNO/c15-8-9-16(14(17)10-12-6-7-12)11-13-4-2-1-3-5-13/h1-5,12H,6-11H2. The van der Waals surface area contributed by atoms with Crippen LogP contribution in [-0.2, 0) is 11.3 Å². The van der Waals surface area contributed by atoms with Crippen LogP contribution in [0.3, 0.4) is 0 Å². The van der Waals surface area contributed by atoms with Crippen molar-refractivity contribution in [1.82, 2.24) is 4.90 Å². The number of benzene rings is 1. The van der Waals surface area contributed by atoms with Crippen LogP contribution in [0.15, 0.2) is 30.3 Å². The van der Waals surface area contributed by atoms with Crippen LogP contribution in [0.4, 0.5) is 0 Å². The second-order valence-electron chi connectivity index (χ2n) is 4.64. The number of rotatable bonds is 6. The molecule has 0 bridgehead atoms. The maximum atomic E-state index is 12.1. The van der Waals surface area contributed by atoms with Gasteiger partial charge in [0.25, 0.3) is 0 Å². The van der Waals surface area contributed by atoms with E-state index in [2.05, 4.69) is 28.1 Å². The third-order valence-electron chi connectivity index (χ3n) is 3.08. The first-order chi connectivity index (χ1) is 8.29. The van der Waals surface area contributed by atoms with Crippen molar-refractivity contribution >= 4 is 21.8 Å². The summed E-state index contributed by atoms with van der Waals surface area (Å²) in [4.78, 5) is 14.1. The lowest BCUT2D eigenvalue weighted by Crippen LogP contribution is -2.32. The maximum absolute atomic E-state index is 12.1. The fourth-order valence-corrected chi connectivity index (χ4v) is 2.32. The normalized spacial score (nSPS) is 14.6. The molecule has 0 atom stereocenters. The van der Waals surface area contributed by atoms with E-state index in [9.17, 15) is 4.79 Å². The lowest BCUT2D eigenvalue weighted by atomic mass is 10.2. The van der Waals surface area contributed by atoms with Gasteiger partial charge >= 0.3 is 0 Å². The van der Waals surface area contributed by atoms with E-state index in [0.29, 0.717) is 11.8 Å². The second kappa shape index (κ2) is 6.20. The number of alkyl halides is 1. The first-order valence-corrected chi connectivity index (χ1v) is 7.29. The van der Waals surface area contributed by atoms with Crippen LogP contribution in [0.2, 0.25) is 0 Å². The molecule has 0 unspecified atom stereocenters. The molecule has 17 heavy (non-hydrogen) atoms. The summed E-state index contributed by atoms with van der Waals surface area (Å²) in [6.45, 7) is 1.53. The van der Waals surface area contributed by atoms with Gasteiger partial charge in [-0.25, -0.2) is 0 Å². The van der Waals surface area contributed by atoms with E-state index in [1.165, 1.54) is 18.4 Å². The molecule has 0 N–H and O–H groups in total. The van der Waals surface area contributed by atoms with Crippen molar-refractivity contribution in [3.8, 4) is 0 Å². The molecule has 1 aliphatic carbocycles. The Morgan fingerprint density at radius 1 is 1.29 bits per heavy atom. The van der Waals surface area contributed by atoms with Gasteiger partial charge in [0.15, 0.2) is 0 Å². The summed E-state index contributed by atoms with van der Waals surface area (Å²) in [6.07, 6.45) is 3.21. The van der Waals surface area contributed by atoms with Gasteiger partial charge in [0.05, 0.1) is 0 Å². The van der Waals surface area contributed by atoms with Crippen LogP contribution in [0, 0.1) is 5.92 Å². The molecule has 1 aliphatic rings. The Kier molecular flexibility index (Phi) is 4.60. The van der Waals surface area contributed by atoms with E-state index in [0.717, 1.165) is 24.8 Å². The number of carbonyl (C=O) groups is 1. The van der Waals surface area contributed by atoms with Gasteiger partial charge in [-0.3, -0.25) is 4.79 Å². The van der Waals surface area contributed by atoms with E-state index in [4.69, 9.17) is 0 Å². The highest BCUT2D eigenvalue weighted by atomic mass is 79.9. The van der Waals surface area contributed by atoms with E-state index < -0.39 is 0 Å². The predicted molar refractivity (Wildman–Crippen MR) is 73.0 cm³/mol. The molecule has 2 nitrogen and oxygen atoms in total. The number of carbonyl (C=O) groups excluding carboxylic acids is 1. The molecule has 1 aromatic carbocycles. The fraction of sp³-hybridized carbons (Fsp3) is 0.500. The molecule has 2 rings (SSSR count). The Morgan fingerprint density at radius 2 is 2.00 bits per heavy atom. The zero-order valence-electron chi connectivity index (χ0n) is 9.94. The summed E-state index contributed by atoms with van der Waals surface area (Å²) in [7, 11) is 0. The average Bonchev–Trinajstić information content (AvgIpc) is 3.14. The van der Waals surface area contributed by atoms with Crippen molar-refractivity contribution in [3.63, 3.8) is 0 Å². The number of halogens is 1. The zero-order valence-corrected chi connectivity index (χ0v) is 11.5. The molecule has 3 heteroatoms. The number of hydrogen-bond acceptors (Lipinski definition) is 1. The molecule has 0 aliphatic heterocycles. The van der Waals surface area contributed by atoms with Crippen molar-refractivity contribution in [3.05, 3.63) is 35.9 Å². The maximum Gasteiger partial charge on any atom is 0.223 e. The summed E-state index contributed by atoms with van der Waals surface area (Å²) < 4.78 is 0. The molecule has 0 radical (unpaired) electrons. The van der Waals surface area contributed by atoms with E-state index in [1.54, 1.807) is 0 Å². The van der Waals surface area contributed by atoms with Gasteiger partial charge in [-0.05, 0) is 24.3 Å². The van der Waals surface area contributed by atoms with Gasteiger partial charge in [0.1, 0.15) is 0 Å². The Hall–Kier alpha value is -0.830. The topological polar surface area (TPSA) is 20.3 Å². The number of nitrogens with zero attached hydrogens (tertiary/aromatic N) is 1. The van der Waals surface area contributed by atoms with Gasteiger partial charge in [0, 0.05) is 24.8 Å². The highest BCUT2D eigenvalue weighted by molar-refractivity contribution is 9.09. The zero-order chi connectivity index (χ0) is 12.1. The largest absolute Gasteiger partial charge is 0.338 e. The van der Waals surface area contributed by atoms with Gasteiger partial charge in [-0.15, -0.1) is 0 Å². The summed E-state index contributed by atoms with van der Waals surface area (Å²) in [5.41, 5.74) is 1.21. The molecule has 92 valence electrons.